The summed E-state index contributed by atoms with van der Waals surface area (Å²) in [5.74, 6) is 0.414. The third kappa shape index (κ3) is 5.21. The molecule has 1 amide bonds. The van der Waals surface area contributed by atoms with E-state index in [2.05, 4.69) is 20.6 Å². The lowest BCUT2D eigenvalue weighted by Gasteiger charge is -2.24. The number of ether oxygens (including phenoxy) is 1. The summed E-state index contributed by atoms with van der Waals surface area (Å²) in [6, 6.07) is 0. The Bertz CT molecular complexity index is 404. The third-order valence-corrected chi connectivity index (χ3v) is 2.45. The SMILES string of the molecule is CCNc1cnc(C(=O)NCC(C)(C)OCC)cn1. The highest BCUT2D eigenvalue weighted by Gasteiger charge is 2.19. The number of rotatable bonds is 7. The third-order valence-electron chi connectivity index (χ3n) is 2.45. The molecule has 0 bridgehead atoms. The average molecular weight is 266 g/mol. The highest BCUT2D eigenvalue weighted by atomic mass is 16.5. The molecule has 0 aliphatic carbocycles. The van der Waals surface area contributed by atoms with Crippen molar-refractivity contribution in [3.8, 4) is 0 Å². The van der Waals surface area contributed by atoms with E-state index < -0.39 is 0 Å². The van der Waals surface area contributed by atoms with E-state index in [1.165, 1.54) is 6.20 Å². The molecule has 6 heteroatoms. The molecule has 1 heterocycles. The fourth-order valence-corrected chi connectivity index (χ4v) is 1.54. The lowest BCUT2D eigenvalue weighted by atomic mass is 10.1. The molecule has 0 atom stereocenters. The number of aromatic nitrogens is 2. The van der Waals surface area contributed by atoms with Crippen molar-refractivity contribution in [1.29, 1.82) is 0 Å². The van der Waals surface area contributed by atoms with E-state index in [-0.39, 0.29) is 11.5 Å². The lowest BCUT2D eigenvalue weighted by molar-refractivity contribution is -0.00818. The molecule has 1 aromatic heterocycles. The summed E-state index contributed by atoms with van der Waals surface area (Å²) in [6.07, 6.45) is 3.01. The molecule has 2 N–H and O–H groups in total. The van der Waals surface area contributed by atoms with Gasteiger partial charge in [-0.1, -0.05) is 0 Å². The van der Waals surface area contributed by atoms with Gasteiger partial charge in [0.2, 0.25) is 0 Å². The Morgan fingerprint density at radius 1 is 1.32 bits per heavy atom. The molecule has 0 aliphatic heterocycles. The van der Waals surface area contributed by atoms with E-state index >= 15 is 0 Å². The van der Waals surface area contributed by atoms with E-state index in [0.29, 0.717) is 24.7 Å². The largest absolute Gasteiger partial charge is 0.374 e. The lowest BCUT2D eigenvalue weighted by Crippen LogP contribution is -2.40. The summed E-state index contributed by atoms with van der Waals surface area (Å²) in [4.78, 5) is 20.0. The van der Waals surface area contributed by atoms with Gasteiger partial charge in [-0.3, -0.25) is 4.79 Å². The van der Waals surface area contributed by atoms with Crippen LogP contribution in [-0.2, 0) is 4.74 Å². The smallest absolute Gasteiger partial charge is 0.271 e. The highest BCUT2D eigenvalue weighted by molar-refractivity contribution is 5.92. The van der Waals surface area contributed by atoms with E-state index in [1.807, 2.05) is 27.7 Å². The van der Waals surface area contributed by atoms with Crippen LogP contribution in [0.4, 0.5) is 5.82 Å². The zero-order valence-electron chi connectivity index (χ0n) is 12.0. The maximum Gasteiger partial charge on any atom is 0.271 e. The maximum absolute atomic E-state index is 11.9. The van der Waals surface area contributed by atoms with Crippen molar-refractivity contribution >= 4 is 11.7 Å². The first-order chi connectivity index (χ1) is 8.98. The quantitative estimate of drug-likeness (QED) is 0.781. The van der Waals surface area contributed by atoms with Crippen LogP contribution in [0.15, 0.2) is 12.4 Å². The summed E-state index contributed by atoms with van der Waals surface area (Å²) in [5.41, 5.74) is -0.0874. The number of hydrogen-bond donors (Lipinski definition) is 2. The molecular formula is C13H22N4O2. The molecular weight excluding hydrogens is 244 g/mol. The first-order valence-electron chi connectivity index (χ1n) is 6.46. The molecule has 19 heavy (non-hydrogen) atoms. The number of amides is 1. The Morgan fingerprint density at radius 3 is 2.58 bits per heavy atom. The fourth-order valence-electron chi connectivity index (χ4n) is 1.54. The first kappa shape index (κ1) is 15.4. The average Bonchev–Trinajstić information content (AvgIpc) is 2.37. The topological polar surface area (TPSA) is 76.1 Å². The van der Waals surface area contributed by atoms with Crippen molar-refractivity contribution < 1.29 is 9.53 Å². The number of carbonyl (C=O) groups is 1. The number of carbonyl (C=O) groups excluding carboxylic acids is 1. The summed E-state index contributed by atoms with van der Waals surface area (Å²) in [6.45, 7) is 9.55. The van der Waals surface area contributed by atoms with Crippen LogP contribution in [0, 0.1) is 0 Å². The van der Waals surface area contributed by atoms with Gasteiger partial charge in [0.05, 0.1) is 18.0 Å². The van der Waals surface area contributed by atoms with Gasteiger partial charge in [0.25, 0.3) is 5.91 Å². The molecule has 6 nitrogen and oxygen atoms in total. The monoisotopic (exact) mass is 266 g/mol. The molecule has 0 aromatic carbocycles. The Labute approximate surface area is 114 Å². The molecule has 0 spiro atoms. The molecule has 0 fully saturated rings. The van der Waals surface area contributed by atoms with Crippen molar-refractivity contribution in [3.05, 3.63) is 18.1 Å². The zero-order valence-corrected chi connectivity index (χ0v) is 12.0. The predicted molar refractivity (Wildman–Crippen MR) is 74.2 cm³/mol. The van der Waals surface area contributed by atoms with Gasteiger partial charge in [-0.2, -0.15) is 0 Å². The second-order valence-electron chi connectivity index (χ2n) is 4.69. The van der Waals surface area contributed by atoms with Crippen molar-refractivity contribution in [3.63, 3.8) is 0 Å². The Morgan fingerprint density at radius 2 is 2.05 bits per heavy atom. The zero-order chi connectivity index (χ0) is 14.3. The van der Waals surface area contributed by atoms with Gasteiger partial charge in [-0.25, -0.2) is 9.97 Å². The predicted octanol–water partition coefficient (Wildman–Crippen LogP) is 1.45. The number of anilines is 1. The minimum absolute atomic E-state index is 0.247. The van der Waals surface area contributed by atoms with Crippen LogP contribution in [0.2, 0.25) is 0 Å². The Kier molecular flexibility index (Phi) is 5.69. The van der Waals surface area contributed by atoms with Crippen LogP contribution in [0.3, 0.4) is 0 Å². The van der Waals surface area contributed by atoms with Crippen molar-refractivity contribution in [1.82, 2.24) is 15.3 Å². The maximum atomic E-state index is 11.9. The van der Waals surface area contributed by atoms with Crippen molar-refractivity contribution in [2.45, 2.75) is 33.3 Å². The van der Waals surface area contributed by atoms with Crippen LogP contribution in [0.25, 0.3) is 0 Å². The number of nitrogens with zero attached hydrogens (tertiary/aromatic N) is 2. The normalized spacial score (nSPS) is 11.2. The standard InChI is InChI=1S/C13H22N4O2/c1-5-14-11-8-15-10(7-16-11)12(18)17-9-13(3,4)19-6-2/h7-8H,5-6,9H2,1-4H3,(H,14,16)(H,17,18). The molecule has 1 aromatic rings. The molecule has 0 saturated carbocycles. The molecule has 0 radical (unpaired) electrons. The van der Waals surface area contributed by atoms with Crippen LogP contribution in [0.5, 0.6) is 0 Å². The van der Waals surface area contributed by atoms with Crippen molar-refractivity contribution in [2.75, 3.05) is 25.0 Å². The minimum Gasteiger partial charge on any atom is -0.374 e. The van der Waals surface area contributed by atoms with Gasteiger partial charge in [-0.15, -0.1) is 0 Å². The van der Waals surface area contributed by atoms with Gasteiger partial charge in [0, 0.05) is 19.7 Å². The van der Waals surface area contributed by atoms with Gasteiger partial charge in [-0.05, 0) is 27.7 Å². The van der Waals surface area contributed by atoms with E-state index in [4.69, 9.17) is 4.74 Å². The minimum atomic E-state index is -0.387. The molecule has 106 valence electrons. The van der Waals surface area contributed by atoms with Gasteiger partial charge < -0.3 is 15.4 Å². The van der Waals surface area contributed by atoms with Gasteiger partial charge >= 0.3 is 0 Å². The van der Waals surface area contributed by atoms with E-state index in [1.54, 1.807) is 6.20 Å². The summed E-state index contributed by atoms with van der Waals surface area (Å²) >= 11 is 0. The second kappa shape index (κ2) is 7.04. The molecule has 0 unspecified atom stereocenters. The van der Waals surface area contributed by atoms with E-state index in [9.17, 15) is 4.79 Å². The molecule has 0 saturated heterocycles. The van der Waals surface area contributed by atoms with Crippen LogP contribution in [0.1, 0.15) is 38.2 Å². The first-order valence-corrected chi connectivity index (χ1v) is 6.46. The van der Waals surface area contributed by atoms with Gasteiger partial charge in [0.15, 0.2) is 0 Å². The summed E-state index contributed by atoms with van der Waals surface area (Å²) < 4.78 is 5.51. The second-order valence-corrected chi connectivity index (χ2v) is 4.69. The van der Waals surface area contributed by atoms with Crippen LogP contribution < -0.4 is 10.6 Å². The number of hydrogen-bond acceptors (Lipinski definition) is 5. The molecule has 0 aliphatic rings. The summed E-state index contributed by atoms with van der Waals surface area (Å²) in [7, 11) is 0. The number of nitrogens with one attached hydrogen (secondary N) is 2. The van der Waals surface area contributed by atoms with Crippen molar-refractivity contribution in [2.24, 2.45) is 0 Å². The summed E-state index contributed by atoms with van der Waals surface area (Å²) in [5, 5.41) is 5.81. The fraction of sp³-hybridized carbons (Fsp3) is 0.615. The van der Waals surface area contributed by atoms with E-state index in [0.717, 1.165) is 6.54 Å². The molecule has 1 rings (SSSR count). The van der Waals surface area contributed by atoms with Gasteiger partial charge in [0.1, 0.15) is 11.5 Å². The Hall–Kier alpha value is -1.69. The Balaban J connectivity index is 2.53. The van der Waals surface area contributed by atoms with Crippen LogP contribution in [-0.4, -0.2) is 41.2 Å². The highest BCUT2D eigenvalue weighted by Crippen LogP contribution is 2.07. The van der Waals surface area contributed by atoms with Crippen LogP contribution >= 0.6 is 0 Å².